The number of para-hydroxylation sites is 1. The zero-order valence-electron chi connectivity index (χ0n) is 25.3. The van der Waals surface area contributed by atoms with Crippen LogP contribution in [0.2, 0.25) is 10.0 Å². The minimum atomic E-state index is -0.558. The van der Waals surface area contributed by atoms with Gasteiger partial charge in [0.15, 0.2) is 0 Å². The lowest BCUT2D eigenvalue weighted by molar-refractivity contribution is -0.115. The van der Waals surface area contributed by atoms with Gasteiger partial charge in [-0.3, -0.25) is 14.4 Å². The summed E-state index contributed by atoms with van der Waals surface area (Å²) in [7, 11) is 1.58. The number of anilines is 2. The minimum Gasteiger partial charge on any atom is -0.496 e. The largest absolute Gasteiger partial charge is 0.496 e. The quantitative estimate of drug-likeness (QED) is 0.0947. The van der Waals surface area contributed by atoms with Gasteiger partial charge in [-0.15, -0.1) is 11.8 Å². The third-order valence-corrected chi connectivity index (χ3v) is 8.46. The van der Waals surface area contributed by atoms with Crippen molar-refractivity contribution in [1.82, 2.24) is 5.32 Å². The van der Waals surface area contributed by atoms with Crippen molar-refractivity contribution in [3.63, 3.8) is 0 Å². The molecule has 3 amide bonds. The van der Waals surface area contributed by atoms with Crippen LogP contribution in [0, 0.1) is 0 Å². The Morgan fingerprint density at radius 3 is 2.30 bits per heavy atom. The van der Waals surface area contributed by atoms with Crippen molar-refractivity contribution < 1.29 is 23.5 Å². The third kappa shape index (κ3) is 8.86. The molecule has 0 saturated carbocycles. The number of benzene rings is 4. The van der Waals surface area contributed by atoms with Crippen LogP contribution in [0.3, 0.4) is 0 Å². The lowest BCUT2D eigenvalue weighted by Crippen LogP contribution is -2.30. The number of nitrogens with one attached hydrogen (secondary N) is 3. The van der Waals surface area contributed by atoms with Gasteiger partial charge >= 0.3 is 0 Å². The summed E-state index contributed by atoms with van der Waals surface area (Å²) in [5, 5.41) is 8.72. The van der Waals surface area contributed by atoms with Crippen LogP contribution in [0.4, 0.5) is 11.4 Å². The Kier molecular flexibility index (Phi) is 11.1. The summed E-state index contributed by atoms with van der Waals surface area (Å²) in [6.07, 6.45) is 1.46. The smallest absolute Gasteiger partial charge is 0.272 e. The van der Waals surface area contributed by atoms with Gasteiger partial charge in [-0.2, -0.15) is 0 Å². The molecule has 3 N–H and O–H groups in total. The Morgan fingerprint density at radius 1 is 0.851 bits per heavy atom. The van der Waals surface area contributed by atoms with Crippen LogP contribution < -0.4 is 20.7 Å². The molecular weight excluding hydrogens is 657 g/mol. The van der Waals surface area contributed by atoms with Crippen molar-refractivity contribution in [3.05, 3.63) is 136 Å². The first-order chi connectivity index (χ1) is 22.7. The molecule has 0 unspecified atom stereocenters. The Morgan fingerprint density at radius 2 is 1.57 bits per heavy atom. The van der Waals surface area contributed by atoms with Gasteiger partial charge in [0.05, 0.1) is 28.6 Å². The molecule has 0 aliphatic heterocycles. The topological polar surface area (TPSA) is 110 Å². The van der Waals surface area contributed by atoms with E-state index in [9.17, 15) is 14.4 Å². The number of methoxy groups -OCH3 is 1. The van der Waals surface area contributed by atoms with E-state index < -0.39 is 17.1 Å². The number of halogens is 2. The van der Waals surface area contributed by atoms with Crippen molar-refractivity contribution in [2.75, 3.05) is 17.7 Å². The second kappa shape index (κ2) is 15.6. The number of thioether (sulfide) groups is 1. The molecule has 47 heavy (non-hydrogen) atoms. The lowest BCUT2D eigenvalue weighted by atomic mass is 10.1. The third-order valence-electron chi connectivity index (χ3n) is 6.80. The average molecular weight is 687 g/mol. The van der Waals surface area contributed by atoms with Gasteiger partial charge in [0, 0.05) is 27.2 Å². The SMILES string of the molecule is COc1ccccc1-c1ccc(/C=C(/NC(=O)c2ccccc2)C(=O)Nc2ccc(S[C@@H](C)C(=O)Nc3ccc(Cl)cc3Cl)cc2)o1. The fraction of sp³-hybridized carbons (Fsp3) is 0.0833. The fourth-order valence-electron chi connectivity index (χ4n) is 4.41. The van der Waals surface area contributed by atoms with Crippen molar-refractivity contribution in [2.45, 2.75) is 17.1 Å². The molecule has 1 atom stereocenters. The summed E-state index contributed by atoms with van der Waals surface area (Å²) in [6, 6.07) is 31.3. The number of carbonyl (C=O) groups is 3. The summed E-state index contributed by atoms with van der Waals surface area (Å²) >= 11 is 13.5. The molecule has 0 saturated heterocycles. The summed E-state index contributed by atoms with van der Waals surface area (Å²) in [6.45, 7) is 1.78. The Balaban J connectivity index is 1.30. The molecule has 0 aliphatic rings. The fourth-order valence-corrected chi connectivity index (χ4v) is 5.73. The molecule has 0 aliphatic carbocycles. The number of hydrogen-bond donors (Lipinski definition) is 3. The van der Waals surface area contributed by atoms with Crippen molar-refractivity contribution in [1.29, 1.82) is 0 Å². The van der Waals surface area contributed by atoms with Crippen LogP contribution in [-0.4, -0.2) is 30.1 Å². The lowest BCUT2D eigenvalue weighted by Gasteiger charge is -2.14. The van der Waals surface area contributed by atoms with E-state index >= 15 is 0 Å². The molecule has 4 aromatic carbocycles. The van der Waals surface area contributed by atoms with E-state index in [-0.39, 0.29) is 11.6 Å². The van der Waals surface area contributed by atoms with Gasteiger partial charge in [-0.25, -0.2) is 0 Å². The van der Waals surface area contributed by atoms with E-state index in [0.29, 0.717) is 44.3 Å². The summed E-state index contributed by atoms with van der Waals surface area (Å²) < 4.78 is 11.5. The predicted molar refractivity (Wildman–Crippen MR) is 188 cm³/mol. The zero-order valence-corrected chi connectivity index (χ0v) is 27.6. The van der Waals surface area contributed by atoms with E-state index in [2.05, 4.69) is 16.0 Å². The van der Waals surface area contributed by atoms with Crippen LogP contribution in [0.5, 0.6) is 5.75 Å². The van der Waals surface area contributed by atoms with Crippen LogP contribution in [-0.2, 0) is 9.59 Å². The first kappa shape index (κ1) is 33.4. The first-order valence-corrected chi connectivity index (χ1v) is 16.0. The standard InChI is InChI=1S/C36H29Cl2N3O5S/c1-22(34(42)40-30-18-12-24(37)20-29(30)38)47-27-16-13-25(14-17-27)39-36(44)31(41-35(43)23-8-4-3-5-9-23)21-26-15-19-33(46-26)28-10-6-7-11-32(28)45-2/h3-22H,1-2H3,(H,39,44)(H,40,42)(H,41,43)/b31-21+/t22-/m0/s1. The van der Waals surface area contributed by atoms with Gasteiger partial charge in [0.2, 0.25) is 5.91 Å². The van der Waals surface area contributed by atoms with E-state index in [0.717, 1.165) is 10.5 Å². The molecule has 8 nitrogen and oxygen atoms in total. The Hall–Kier alpha value is -4.96. The van der Waals surface area contributed by atoms with Crippen LogP contribution >= 0.6 is 35.0 Å². The van der Waals surface area contributed by atoms with E-state index in [1.807, 2.05) is 24.3 Å². The Labute approximate surface area is 286 Å². The predicted octanol–water partition coefficient (Wildman–Crippen LogP) is 8.79. The van der Waals surface area contributed by atoms with Crippen LogP contribution in [0.25, 0.3) is 17.4 Å². The van der Waals surface area contributed by atoms with Gasteiger partial charge in [-0.05, 0) is 85.8 Å². The maximum Gasteiger partial charge on any atom is 0.272 e. The summed E-state index contributed by atoms with van der Waals surface area (Å²) in [5.74, 6) is 0.279. The number of carbonyl (C=O) groups excluding carboxylic acids is 3. The van der Waals surface area contributed by atoms with Crippen LogP contribution in [0.15, 0.2) is 124 Å². The Bertz CT molecular complexity index is 1930. The first-order valence-electron chi connectivity index (χ1n) is 14.4. The second-order valence-electron chi connectivity index (χ2n) is 10.1. The second-order valence-corrected chi connectivity index (χ2v) is 12.4. The molecule has 1 aromatic heterocycles. The average Bonchev–Trinajstić information content (AvgIpc) is 3.55. The molecule has 0 fully saturated rings. The van der Waals surface area contributed by atoms with Crippen molar-refractivity contribution >= 4 is 70.1 Å². The highest BCUT2D eigenvalue weighted by molar-refractivity contribution is 8.00. The molecular formula is C36H29Cl2N3O5S. The van der Waals surface area contributed by atoms with Gasteiger partial charge in [0.25, 0.3) is 11.8 Å². The van der Waals surface area contributed by atoms with E-state index in [4.69, 9.17) is 32.4 Å². The molecule has 238 valence electrons. The highest BCUT2D eigenvalue weighted by Gasteiger charge is 2.19. The number of furan rings is 1. The van der Waals surface area contributed by atoms with E-state index in [1.54, 1.807) is 99.0 Å². The van der Waals surface area contributed by atoms with Gasteiger partial charge in [0.1, 0.15) is 23.0 Å². The highest BCUT2D eigenvalue weighted by atomic mass is 35.5. The van der Waals surface area contributed by atoms with Crippen LogP contribution in [0.1, 0.15) is 23.0 Å². The number of ether oxygens (including phenoxy) is 1. The summed E-state index contributed by atoms with van der Waals surface area (Å²) in [5.41, 5.74) is 2.06. The van der Waals surface area contributed by atoms with Crippen molar-refractivity contribution in [3.8, 4) is 17.1 Å². The maximum absolute atomic E-state index is 13.5. The number of rotatable bonds is 11. The normalized spacial score (nSPS) is 11.8. The van der Waals surface area contributed by atoms with E-state index in [1.165, 1.54) is 17.8 Å². The molecule has 0 bridgehead atoms. The summed E-state index contributed by atoms with van der Waals surface area (Å²) in [4.78, 5) is 40.1. The van der Waals surface area contributed by atoms with Gasteiger partial charge < -0.3 is 25.1 Å². The maximum atomic E-state index is 13.5. The minimum absolute atomic E-state index is 0.0237. The number of hydrogen-bond acceptors (Lipinski definition) is 6. The molecule has 11 heteroatoms. The molecule has 5 aromatic rings. The highest BCUT2D eigenvalue weighted by Crippen LogP contribution is 2.32. The monoisotopic (exact) mass is 685 g/mol. The molecule has 0 spiro atoms. The van der Waals surface area contributed by atoms with Crippen molar-refractivity contribution in [2.24, 2.45) is 0 Å². The molecule has 5 rings (SSSR count). The molecule has 0 radical (unpaired) electrons. The molecule has 1 heterocycles. The van der Waals surface area contributed by atoms with Gasteiger partial charge in [-0.1, -0.05) is 53.5 Å². The zero-order chi connectivity index (χ0) is 33.3. The number of amides is 3.